The third-order valence-electron chi connectivity index (χ3n) is 5.08. The monoisotopic (exact) mass is 465 g/mol. The van der Waals surface area contributed by atoms with Gasteiger partial charge in [0.25, 0.3) is 0 Å². The van der Waals surface area contributed by atoms with Crippen LogP contribution in [0.25, 0.3) is 16.5 Å². The highest BCUT2D eigenvalue weighted by atomic mass is 19.1. The van der Waals surface area contributed by atoms with E-state index in [2.05, 4.69) is 34.0 Å². The summed E-state index contributed by atoms with van der Waals surface area (Å²) in [6.45, 7) is 2.05. The minimum Gasteiger partial charge on any atom is -0.478 e. The number of fused-ring (bicyclic) bond motifs is 1. The number of anilines is 1. The highest BCUT2D eigenvalue weighted by Crippen LogP contribution is 2.29. The summed E-state index contributed by atoms with van der Waals surface area (Å²) in [5, 5.41) is 23.3. The molecule has 0 bridgehead atoms. The Bertz CT molecular complexity index is 1230. The molecule has 1 aliphatic rings. The molecule has 0 spiro atoms. The van der Waals surface area contributed by atoms with Gasteiger partial charge >= 0.3 is 11.9 Å². The SMILES string of the molecule is O=C(CNc1ccc2[nH]cc(C3=CCNCC3)c2c1)c1ccc(F)cc1.O=C(O)C=CC(=O)O. The van der Waals surface area contributed by atoms with Gasteiger partial charge in [0, 0.05) is 52.6 Å². The molecule has 5 N–H and O–H groups in total. The number of ketones is 1. The number of hydrogen-bond donors (Lipinski definition) is 5. The summed E-state index contributed by atoms with van der Waals surface area (Å²) < 4.78 is 13.0. The first-order chi connectivity index (χ1) is 16.3. The van der Waals surface area contributed by atoms with E-state index in [1.54, 1.807) is 0 Å². The van der Waals surface area contributed by atoms with Gasteiger partial charge in [-0.3, -0.25) is 4.79 Å². The van der Waals surface area contributed by atoms with Gasteiger partial charge in [-0.15, -0.1) is 0 Å². The zero-order valence-corrected chi connectivity index (χ0v) is 18.2. The number of carboxylic acid groups (broad SMARTS) is 2. The van der Waals surface area contributed by atoms with E-state index in [1.165, 1.54) is 35.4 Å². The van der Waals surface area contributed by atoms with Crippen LogP contribution in [0.3, 0.4) is 0 Å². The third kappa shape index (κ3) is 6.88. The van der Waals surface area contributed by atoms with Crippen molar-refractivity contribution in [2.75, 3.05) is 25.0 Å². The van der Waals surface area contributed by atoms with E-state index in [-0.39, 0.29) is 18.1 Å². The molecule has 0 radical (unpaired) electrons. The molecule has 0 unspecified atom stereocenters. The van der Waals surface area contributed by atoms with Crippen LogP contribution in [0.5, 0.6) is 0 Å². The van der Waals surface area contributed by atoms with Gasteiger partial charge in [-0.25, -0.2) is 14.0 Å². The lowest BCUT2D eigenvalue weighted by Gasteiger charge is -2.13. The summed E-state index contributed by atoms with van der Waals surface area (Å²) in [6, 6.07) is 11.7. The third-order valence-corrected chi connectivity index (χ3v) is 5.08. The zero-order valence-electron chi connectivity index (χ0n) is 18.2. The molecule has 3 aromatic rings. The van der Waals surface area contributed by atoms with Crippen molar-refractivity contribution in [2.24, 2.45) is 0 Å². The van der Waals surface area contributed by atoms with Crippen LogP contribution < -0.4 is 10.6 Å². The lowest BCUT2D eigenvalue weighted by Crippen LogP contribution is -2.19. The molecule has 0 saturated carbocycles. The molecule has 0 fully saturated rings. The number of H-pyrrole nitrogens is 1. The van der Waals surface area contributed by atoms with E-state index in [4.69, 9.17) is 10.2 Å². The van der Waals surface area contributed by atoms with Gasteiger partial charge in [-0.05, 0) is 61.0 Å². The van der Waals surface area contributed by atoms with Gasteiger partial charge in [0.05, 0.1) is 6.54 Å². The summed E-state index contributed by atoms with van der Waals surface area (Å²) >= 11 is 0. The first-order valence-electron chi connectivity index (χ1n) is 10.5. The highest BCUT2D eigenvalue weighted by Gasteiger charge is 2.12. The van der Waals surface area contributed by atoms with Crippen molar-refractivity contribution in [2.45, 2.75) is 6.42 Å². The average Bonchev–Trinajstić information content (AvgIpc) is 3.26. The van der Waals surface area contributed by atoms with Crippen LogP contribution in [-0.4, -0.2) is 52.6 Å². The molecule has 2 aromatic carbocycles. The highest BCUT2D eigenvalue weighted by molar-refractivity contribution is 5.99. The van der Waals surface area contributed by atoms with Crippen molar-refractivity contribution in [1.29, 1.82) is 0 Å². The molecule has 9 heteroatoms. The Kier molecular flexibility index (Phi) is 8.31. The summed E-state index contributed by atoms with van der Waals surface area (Å²) in [4.78, 5) is 34.7. The number of aliphatic carboxylic acids is 2. The molecular formula is C25H24FN3O5. The maximum atomic E-state index is 13.0. The van der Waals surface area contributed by atoms with Crippen LogP contribution in [0.1, 0.15) is 22.3 Å². The number of carbonyl (C=O) groups excluding carboxylic acids is 1. The molecule has 0 amide bonds. The Morgan fingerprint density at radius 3 is 2.35 bits per heavy atom. The number of aromatic nitrogens is 1. The quantitative estimate of drug-likeness (QED) is 0.266. The molecule has 2 heterocycles. The second kappa shape index (κ2) is 11.6. The van der Waals surface area contributed by atoms with Gasteiger partial charge in [0.2, 0.25) is 0 Å². The largest absolute Gasteiger partial charge is 0.478 e. The fourth-order valence-electron chi connectivity index (χ4n) is 3.43. The predicted octanol–water partition coefficient (Wildman–Crippen LogP) is 3.69. The predicted molar refractivity (Wildman–Crippen MR) is 127 cm³/mol. The average molecular weight is 465 g/mol. The Morgan fingerprint density at radius 2 is 1.74 bits per heavy atom. The van der Waals surface area contributed by atoms with E-state index in [0.29, 0.717) is 17.7 Å². The summed E-state index contributed by atoms with van der Waals surface area (Å²) in [5.74, 6) is -2.92. The van der Waals surface area contributed by atoms with Crippen LogP contribution >= 0.6 is 0 Å². The molecule has 0 atom stereocenters. The van der Waals surface area contributed by atoms with E-state index in [1.807, 2.05) is 12.1 Å². The van der Waals surface area contributed by atoms with Crippen LogP contribution in [0.2, 0.25) is 0 Å². The van der Waals surface area contributed by atoms with Gasteiger partial charge < -0.3 is 25.8 Å². The maximum Gasteiger partial charge on any atom is 0.328 e. The number of carboxylic acids is 2. The fraction of sp³-hybridized carbons (Fsp3) is 0.160. The van der Waals surface area contributed by atoms with Crippen molar-refractivity contribution in [3.63, 3.8) is 0 Å². The molecule has 0 aliphatic carbocycles. The van der Waals surface area contributed by atoms with Crippen LogP contribution in [0.4, 0.5) is 10.1 Å². The summed E-state index contributed by atoms with van der Waals surface area (Å²) in [6.07, 6.45) is 6.40. The van der Waals surface area contributed by atoms with Gasteiger partial charge in [0.15, 0.2) is 5.78 Å². The Morgan fingerprint density at radius 1 is 1.03 bits per heavy atom. The molecular weight excluding hydrogens is 441 g/mol. The van der Waals surface area contributed by atoms with E-state index < -0.39 is 11.9 Å². The van der Waals surface area contributed by atoms with E-state index >= 15 is 0 Å². The van der Waals surface area contributed by atoms with E-state index in [9.17, 15) is 18.8 Å². The van der Waals surface area contributed by atoms with Gasteiger partial charge in [-0.2, -0.15) is 0 Å². The smallest absolute Gasteiger partial charge is 0.328 e. The molecule has 8 nitrogen and oxygen atoms in total. The minimum atomic E-state index is -1.26. The minimum absolute atomic E-state index is 0.0690. The first kappa shape index (κ1) is 24.4. The van der Waals surface area contributed by atoms with Gasteiger partial charge in [0.1, 0.15) is 5.82 Å². The number of nitrogens with one attached hydrogen (secondary N) is 3. The number of rotatable bonds is 7. The molecule has 1 aliphatic heterocycles. The van der Waals surface area contributed by atoms with Crippen LogP contribution in [-0.2, 0) is 9.59 Å². The summed E-state index contributed by atoms with van der Waals surface area (Å²) in [5.41, 5.74) is 5.03. The van der Waals surface area contributed by atoms with Crippen LogP contribution in [0.15, 0.2) is 66.9 Å². The Balaban J connectivity index is 0.000000350. The maximum absolute atomic E-state index is 13.0. The van der Waals surface area contributed by atoms with Crippen LogP contribution in [0, 0.1) is 5.82 Å². The molecule has 1 aromatic heterocycles. The Labute approximate surface area is 194 Å². The lowest BCUT2D eigenvalue weighted by molar-refractivity contribution is -0.134. The Hall–Kier alpha value is -4.24. The number of carbonyl (C=O) groups is 3. The lowest BCUT2D eigenvalue weighted by atomic mass is 9.99. The molecule has 34 heavy (non-hydrogen) atoms. The van der Waals surface area contributed by atoms with Crippen molar-refractivity contribution in [1.82, 2.24) is 10.3 Å². The van der Waals surface area contributed by atoms with Crippen molar-refractivity contribution >= 4 is 39.9 Å². The zero-order chi connectivity index (χ0) is 24.5. The molecule has 0 saturated heterocycles. The van der Waals surface area contributed by atoms with Crippen molar-refractivity contribution < 1.29 is 29.0 Å². The van der Waals surface area contributed by atoms with Crippen molar-refractivity contribution in [3.8, 4) is 0 Å². The number of halogens is 1. The molecule has 176 valence electrons. The number of aromatic amines is 1. The number of benzene rings is 2. The molecule has 4 rings (SSSR count). The second-order valence-corrected chi connectivity index (χ2v) is 7.44. The standard InChI is InChI=1S/C21H20FN3O.C4H4O4/c22-16-3-1-15(2-4-16)21(26)13-24-17-5-6-20-18(11-17)19(12-25-20)14-7-9-23-10-8-14;5-3(6)1-2-4(7)8/h1-7,11-12,23-25H,8-10,13H2;1-2H,(H,5,6)(H,7,8). The number of hydrogen-bond acceptors (Lipinski definition) is 5. The number of Topliss-reactive ketones (excluding diaryl/α,β-unsaturated/α-hetero) is 1. The van der Waals surface area contributed by atoms with Crippen molar-refractivity contribution in [3.05, 3.63) is 83.8 Å². The first-order valence-corrected chi connectivity index (χ1v) is 10.5. The topological polar surface area (TPSA) is 132 Å². The summed E-state index contributed by atoms with van der Waals surface area (Å²) in [7, 11) is 0. The van der Waals surface area contributed by atoms with E-state index in [0.717, 1.165) is 36.1 Å². The fourth-order valence-corrected chi connectivity index (χ4v) is 3.43. The normalized spacial score (nSPS) is 13.1. The van der Waals surface area contributed by atoms with Gasteiger partial charge in [-0.1, -0.05) is 6.08 Å². The second-order valence-electron chi connectivity index (χ2n) is 7.44.